The molecule has 0 amide bonds. The zero-order chi connectivity index (χ0) is 17.5. The molecule has 0 bridgehead atoms. The summed E-state index contributed by atoms with van der Waals surface area (Å²) in [5.41, 5.74) is 1.20. The van der Waals surface area contributed by atoms with E-state index in [0.29, 0.717) is 6.16 Å². The van der Waals surface area contributed by atoms with Gasteiger partial charge in [-0.1, -0.05) is 57.6 Å². The van der Waals surface area contributed by atoms with Crippen molar-refractivity contribution in [2.45, 2.75) is 64.8 Å². The Morgan fingerprint density at radius 3 is 2.33 bits per heavy atom. The minimum atomic E-state index is -2.31. The molecule has 4 nitrogen and oxygen atoms in total. The van der Waals surface area contributed by atoms with Crippen LogP contribution in [0, 0.1) is 0 Å². The zero-order valence-corrected chi connectivity index (χ0v) is 16.1. The van der Waals surface area contributed by atoms with Crippen molar-refractivity contribution in [2.75, 3.05) is 19.3 Å². The number of hydrogen-bond donors (Lipinski definition) is 2. The summed E-state index contributed by atoms with van der Waals surface area (Å²) in [5.74, 6) is 0.934. The molecule has 0 radical (unpaired) electrons. The van der Waals surface area contributed by atoms with Crippen LogP contribution in [-0.2, 0) is 11.1 Å². The van der Waals surface area contributed by atoms with Crippen molar-refractivity contribution in [3.05, 3.63) is 29.8 Å². The van der Waals surface area contributed by atoms with Crippen LogP contribution in [0.3, 0.4) is 0 Å². The molecule has 1 aromatic carbocycles. The molecular weight excluding hydrogens is 321 g/mol. The normalized spacial score (nSPS) is 12.2. The number of nitrogens with one attached hydrogen (secondary N) is 1. The Morgan fingerprint density at radius 1 is 1.00 bits per heavy atom. The van der Waals surface area contributed by atoms with Crippen LogP contribution < -0.4 is 10.1 Å². The van der Waals surface area contributed by atoms with Gasteiger partial charge in [0.25, 0.3) is 0 Å². The SMILES string of the molecule is CCCCCCCCCOc1ccc(CNCCC[PH](=O)O)cc1. The molecule has 1 aromatic rings. The predicted octanol–water partition coefficient (Wildman–Crippen LogP) is 4.76. The van der Waals surface area contributed by atoms with E-state index in [2.05, 4.69) is 24.4 Å². The zero-order valence-electron chi connectivity index (χ0n) is 15.1. The Morgan fingerprint density at radius 2 is 1.67 bits per heavy atom. The average molecular weight is 355 g/mol. The van der Waals surface area contributed by atoms with Crippen LogP contribution in [0.4, 0.5) is 0 Å². The van der Waals surface area contributed by atoms with Gasteiger partial charge in [-0.3, -0.25) is 4.57 Å². The van der Waals surface area contributed by atoms with E-state index in [1.807, 2.05) is 12.1 Å². The summed E-state index contributed by atoms with van der Waals surface area (Å²) in [5, 5.41) is 3.28. The lowest BCUT2D eigenvalue weighted by Gasteiger charge is -2.08. The van der Waals surface area contributed by atoms with Gasteiger partial charge in [-0.25, -0.2) is 0 Å². The summed E-state index contributed by atoms with van der Waals surface area (Å²) in [6, 6.07) is 8.18. The molecule has 0 aliphatic heterocycles. The van der Waals surface area contributed by atoms with Gasteiger partial charge < -0.3 is 14.9 Å². The first-order valence-electron chi connectivity index (χ1n) is 9.36. The van der Waals surface area contributed by atoms with Gasteiger partial charge in [-0.2, -0.15) is 0 Å². The monoisotopic (exact) mass is 355 g/mol. The lowest BCUT2D eigenvalue weighted by molar-refractivity contribution is 0.304. The van der Waals surface area contributed by atoms with Gasteiger partial charge in [0.2, 0.25) is 0 Å². The maximum Gasteiger partial charge on any atom is 0.189 e. The van der Waals surface area contributed by atoms with E-state index in [-0.39, 0.29) is 0 Å². The molecule has 0 aromatic heterocycles. The van der Waals surface area contributed by atoms with Gasteiger partial charge in [0.1, 0.15) is 5.75 Å². The third-order valence-electron chi connectivity index (χ3n) is 4.01. The standard InChI is InChI=1S/C19H34NO3P/c1-2-3-4-5-6-7-8-15-23-19-12-10-18(11-13-19)17-20-14-9-16-24(21)22/h10-13,20,24H,2-9,14-17H2,1H3,(H,21,22). The molecule has 1 atom stereocenters. The van der Waals surface area contributed by atoms with Crippen LogP contribution in [0.25, 0.3) is 0 Å². The van der Waals surface area contributed by atoms with Crippen molar-refractivity contribution >= 4 is 8.03 Å². The average Bonchev–Trinajstić information content (AvgIpc) is 2.58. The van der Waals surface area contributed by atoms with E-state index in [1.54, 1.807) is 0 Å². The van der Waals surface area contributed by atoms with Gasteiger partial charge >= 0.3 is 0 Å². The Labute approximate surface area is 147 Å². The third kappa shape index (κ3) is 11.7. The number of rotatable bonds is 15. The number of unbranched alkanes of at least 4 members (excludes halogenated alkanes) is 6. The maximum absolute atomic E-state index is 10.6. The fraction of sp³-hybridized carbons (Fsp3) is 0.684. The van der Waals surface area contributed by atoms with Crippen LogP contribution in [0.1, 0.15) is 63.9 Å². The highest BCUT2D eigenvalue weighted by atomic mass is 31.1. The summed E-state index contributed by atoms with van der Waals surface area (Å²) in [7, 11) is -2.31. The second kappa shape index (κ2) is 14.5. The fourth-order valence-electron chi connectivity index (χ4n) is 2.55. The predicted molar refractivity (Wildman–Crippen MR) is 102 cm³/mol. The van der Waals surface area contributed by atoms with Crippen molar-refractivity contribution in [3.63, 3.8) is 0 Å². The van der Waals surface area contributed by atoms with Gasteiger partial charge in [0.15, 0.2) is 8.03 Å². The molecule has 0 spiro atoms. The molecule has 2 N–H and O–H groups in total. The minimum Gasteiger partial charge on any atom is -0.494 e. The smallest absolute Gasteiger partial charge is 0.189 e. The molecule has 138 valence electrons. The highest BCUT2D eigenvalue weighted by molar-refractivity contribution is 7.37. The Kier molecular flexibility index (Phi) is 12.8. The molecular formula is C19H34NO3P. The molecule has 1 unspecified atom stereocenters. The van der Waals surface area contributed by atoms with Crippen molar-refractivity contribution in [1.29, 1.82) is 0 Å². The third-order valence-corrected chi connectivity index (χ3v) is 4.79. The highest BCUT2D eigenvalue weighted by Gasteiger charge is 1.98. The number of hydrogen-bond acceptors (Lipinski definition) is 3. The molecule has 24 heavy (non-hydrogen) atoms. The Hall–Kier alpha value is -0.830. The summed E-state index contributed by atoms with van der Waals surface area (Å²) in [6.07, 6.45) is 10.2. The van der Waals surface area contributed by atoms with E-state index in [1.165, 1.54) is 44.1 Å². The van der Waals surface area contributed by atoms with Crippen molar-refractivity contribution in [2.24, 2.45) is 0 Å². The summed E-state index contributed by atoms with van der Waals surface area (Å²) >= 11 is 0. The van der Waals surface area contributed by atoms with Crippen molar-refractivity contribution in [3.8, 4) is 5.75 Å². The van der Waals surface area contributed by atoms with Gasteiger partial charge in [-0.05, 0) is 37.1 Å². The molecule has 5 heteroatoms. The lowest BCUT2D eigenvalue weighted by atomic mass is 10.1. The first-order valence-corrected chi connectivity index (χ1v) is 10.9. The molecule has 0 saturated carbocycles. The van der Waals surface area contributed by atoms with E-state index >= 15 is 0 Å². The van der Waals surface area contributed by atoms with Crippen LogP contribution in [0.5, 0.6) is 5.75 Å². The van der Waals surface area contributed by atoms with Gasteiger partial charge in [0.05, 0.1) is 6.61 Å². The van der Waals surface area contributed by atoms with Crippen molar-refractivity contribution in [1.82, 2.24) is 5.32 Å². The second-order valence-corrected chi connectivity index (χ2v) is 7.58. The number of benzene rings is 1. The quantitative estimate of drug-likeness (QED) is 0.352. The fourth-order valence-corrected chi connectivity index (χ4v) is 3.03. The largest absolute Gasteiger partial charge is 0.494 e. The van der Waals surface area contributed by atoms with E-state index in [0.717, 1.165) is 38.3 Å². The number of ether oxygens (including phenoxy) is 1. The maximum atomic E-state index is 10.6. The summed E-state index contributed by atoms with van der Waals surface area (Å²) < 4.78 is 16.4. The van der Waals surface area contributed by atoms with Crippen LogP contribution in [0.15, 0.2) is 24.3 Å². The van der Waals surface area contributed by atoms with Crippen LogP contribution in [0.2, 0.25) is 0 Å². The molecule has 1 rings (SSSR count). The summed E-state index contributed by atoms with van der Waals surface area (Å²) in [6.45, 7) is 4.60. The first-order chi connectivity index (χ1) is 11.7. The van der Waals surface area contributed by atoms with Gasteiger partial charge in [-0.15, -0.1) is 0 Å². The Bertz CT molecular complexity index is 437. The molecule has 0 aliphatic carbocycles. The lowest BCUT2D eigenvalue weighted by Crippen LogP contribution is -2.15. The Balaban J connectivity index is 2.04. The van der Waals surface area contributed by atoms with E-state index in [4.69, 9.17) is 9.63 Å². The molecule has 0 heterocycles. The van der Waals surface area contributed by atoms with Crippen LogP contribution >= 0.6 is 8.03 Å². The first kappa shape index (κ1) is 21.2. The van der Waals surface area contributed by atoms with E-state index in [9.17, 15) is 4.57 Å². The summed E-state index contributed by atoms with van der Waals surface area (Å²) in [4.78, 5) is 8.76. The van der Waals surface area contributed by atoms with Crippen LogP contribution in [-0.4, -0.2) is 24.2 Å². The second-order valence-electron chi connectivity index (χ2n) is 6.29. The molecule has 0 aliphatic rings. The topological polar surface area (TPSA) is 58.6 Å². The molecule has 0 saturated heterocycles. The van der Waals surface area contributed by atoms with E-state index < -0.39 is 8.03 Å². The minimum absolute atomic E-state index is 0.406. The van der Waals surface area contributed by atoms with Crippen molar-refractivity contribution < 1.29 is 14.2 Å². The molecule has 0 fully saturated rings. The van der Waals surface area contributed by atoms with Gasteiger partial charge in [0, 0.05) is 12.7 Å². The highest BCUT2D eigenvalue weighted by Crippen LogP contribution is 2.14.